The third-order valence-corrected chi connectivity index (χ3v) is 3.38. The highest BCUT2D eigenvalue weighted by Gasteiger charge is 2.11. The molecule has 5 heteroatoms. The van der Waals surface area contributed by atoms with Crippen LogP contribution in [-0.4, -0.2) is 22.6 Å². The molecule has 0 atom stereocenters. The molecule has 1 N–H and O–H groups in total. The monoisotopic (exact) mass is 282 g/mol. The van der Waals surface area contributed by atoms with Crippen LogP contribution in [0.2, 0.25) is 0 Å². The van der Waals surface area contributed by atoms with Gasteiger partial charge >= 0.3 is 11.7 Å². The lowest BCUT2D eigenvalue weighted by molar-refractivity contribution is 0.0601. The maximum absolute atomic E-state index is 12.1. The number of nitrogens with zero attached hydrogens (tertiary/aromatic N) is 1. The van der Waals surface area contributed by atoms with Crippen molar-refractivity contribution in [2.75, 3.05) is 7.11 Å². The number of H-pyrrole nitrogens is 1. The van der Waals surface area contributed by atoms with E-state index < -0.39 is 5.97 Å². The number of ether oxygens (including phenoxy) is 1. The first-order valence-electron chi connectivity index (χ1n) is 6.54. The lowest BCUT2D eigenvalue weighted by atomic mass is 10.2. The van der Waals surface area contributed by atoms with Gasteiger partial charge in [-0.05, 0) is 23.8 Å². The highest BCUT2D eigenvalue weighted by Crippen LogP contribution is 2.15. The number of hydrogen-bond acceptors (Lipinski definition) is 3. The van der Waals surface area contributed by atoms with Gasteiger partial charge in [0.2, 0.25) is 0 Å². The van der Waals surface area contributed by atoms with Gasteiger partial charge in [0, 0.05) is 0 Å². The molecule has 0 aliphatic carbocycles. The van der Waals surface area contributed by atoms with Gasteiger partial charge < -0.3 is 9.72 Å². The Balaban J connectivity index is 2.10. The molecular formula is C16H14N2O3. The standard InChI is InChI=1S/C16H14N2O3/c1-21-15(19)12-7-8-13-14(9-12)18(16(20)17-13)10-11-5-3-2-4-6-11/h2-9H,10H2,1H3,(H,17,20). The number of imidazole rings is 1. The summed E-state index contributed by atoms with van der Waals surface area (Å²) in [5.41, 5.74) is 2.63. The zero-order valence-corrected chi connectivity index (χ0v) is 11.5. The quantitative estimate of drug-likeness (QED) is 0.749. The summed E-state index contributed by atoms with van der Waals surface area (Å²) < 4.78 is 6.32. The topological polar surface area (TPSA) is 64.1 Å². The van der Waals surface area contributed by atoms with Gasteiger partial charge in [-0.1, -0.05) is 30.3 Å². The van der Waals surface area contributed by atoms with Crippen LogP contribution in [-0.2, 0) is 11.3 Å². The zero-order valence-electron chi connectivity index (χ0n) is 11.5. The normalized spacial score (nSPS) is 10.7. The molecule has 106 valence electrons. The molecule has 1 aromatic heterocycles. The Hall–Kier alpha value is -2.82. The molecule has 3 rings (SSSR count). The Kier molecular flexibility index (Phi) is 3.31. The van der Waals surface area contributed by atoms with Crippen molar-refractivity contribution < 1.29 is 9.53 Å². The number of methoxy groups -OCH3 is 1. The lowest BCUT2D eigenvalue weighted by Gasteiger charge is -2.05. The third-order valence-electron chi connectivity index (χ3n) is 3.38. The van der Waals surface area contributed by atoms with Crippen LogP contribution in [0.3, 0.4) is 0 Å². The van der Waals surface area contributed by atoms with Gasteiger partial charge in [-0.2, -0.15) is 0 Å². The van der Waals surface area contributed by atoms with E-state index in [9.17, 15) is 9.59 Å². The van der Waals surface area contributed by atoms with Crippen molar-refractivity contribution in [1.29, 1.82) is 0 Å². The molecule has 5 nitrogen and oxygen atoms in total. The van der Waals surface area contributed by atoms with Crippen LogP contribution in [0.1, 0.15) is 15.9 Å². The summed E-state index contributed by atoms with van der Waals surface area (Å²) in [6.45, 7) is 0.449. The summed E-state index contributed by atoms with van der Waals surface area (Å²) in [6, 6.07) is 14.7. The van der Waals surface area contributed by atoms with E-state index in [4.69, 9.17) is 4.74 Å². The Morgan fingerprint density at radius 3 is 2.67 bits per heavy atom. The number of aromatic amines is 1. The first kappa shape index (κ1) is 13.2. The Morgan fingerprint density at radius 2 is 1.95 bits per heavy atom. The molecular weight excluding hydrogens is 268 g/mol. The summed E-state index contributed by atoms with van der Waals surface area (Å²) in [7, 11) is 1.33. The molecule has 0 radical (unpaired) electrons. The number of benzene rings is 2. The molecule has 0 saturated heterocycles. The van der Waals surface area contributed by atoms with Crippen LogP contribution >= 0.6 is 0 Å². The highest BCUT2D eigenvalue weighted by molar-refractivity contribution is 5.93. The van der Waals surface area contributed by atoms with Crippen LogP contribution in [0, 0.1) is 0 Å². The Morgan fingerprint density at radius 1 is 1.19 bits per heavy atom. The second-order valence-electron chi connectivity index (χ2n) is 4.73. The number of carbonyl (C=O) groups excluding carboxylic acids is 1. The molecule has 0 aliphatic heterocycles. The highest BCUT2D eigenvalue weighted by atomic mass is 16.5. The number of aromatic nitrogens is 2. The van der Waals surface area contributed by atoms with Crippen molar-refractivity contribution in [3.63, 3.8) is 0 Å². The molecule has 0 saturated carbocycles. The number of hydrogen-bond donors (Lipinski definition) is 1. The van der Waals surface area contributed by atoms with E-state index >= 15 is 0 Å². The van der Waals surface area contributed by atoms with E-state index in [1.54, 1.807) is 22.8 Å². The molecule has 2 aromatic carbocycles. The maximum Gasteiger partial charge on any atom is 0.337 e. The molecule has 21 heavy (non-hydrogen) atoms. The second-order valence-corrected chi connectivity index (χ2v) is 4.73. The Bertz CT molecular complexity index is 847. The number of esters is 1. The Labute approximate surface area is 120 Å². The minimum Gasteiger partial charge on any atom is -0.465 e. The van der Waals surface area contributed by atoms with Crippen molar-refractivity contribution in [2.45, 2.75) is 6.54 Å². The van der Waals surface area contributed by atoms with Crippen LogP contribution in [0.15, 0.2) is 53.3 Å². The minimum absolute atomic E-state index is 0.198. The van der Waals surface area contributed by atoms with E-state index in [0.717, 1.165) is 5.56 Å². The average Bonchev–Trinajstić information content (AvgIpc) is 2.83. The summed E-state index contributed by atoms with van der Waals surface area (Å²) in [5.74, 6) is -0.420. The van der Waals surface area contributed by atoms with Gasteiger partial charge in [-0.15, -0.1) is 0 Å². The molecule has 3 aromatic rings. The molecule has 0 amide bonds. The summed E-state index contributed by atoms with van der Waals surface area (Å²) in [6.07, 6.45) is 0. The predicted molar refractivity (Wildman–Crippen MR) is 79.4 cm³/mol. The largest absolute Gasteiger partial charge is 0.465 e. The fourth-order valence-electron chi connectivity index (χ4n) is 2.32. The number of carbonyl (C=O) groups is 1. The molecule has 0 fully saturated rings. The van der Waals surface area contributed by atoms with Gasteiger partial charge in [0.25, 0.3) is 0 Å². The zero-order chi connectivity index (χ0) is 14.8. The van der Waals surface area contributed by atoms with E-state index in [0.29, 0.717) is 23.1 Å². The molecule has 0 aliphatic rings. The van der Waals surface area contributed by atoms with Gasteiger partial charge in [0.1, 0.15) is 0 Å². The van der Waals surface area contributed by atoms with Crippen molar-refractivity contribution >= 4 is 17.0 Å². The molecule has 1 heterocycles. The molecule has 0 spiro atoms. The van der Waals surface area contributed by atoms with Crippen molar-refractivity contribution in [3.05, 3.63) is 70.1 Å². The third kappa shape index (κ3) is 2.45. The van der Waals surface area contributed by atoms with E-state index in [1.165, 1.54) is 7.11 Å². The maximum atomic E-state index is 12.1. The fourth-order valence-corrected chi connectivity index (χ4v) is 2.32. The van der Waals surface area contributed by atoms with E-state index in [-0.39, 0.29) is 5.69 Å². The first-order valence-corrected chi connectivity index (χ1v) is 6.54. The van der Waals surface area contributed by atoms with Gasteiger partial charge in [-0.3, -0.25) is 4.57 Å². The summed E-state index contributed by atoms with van der Waals surface area (Å²) in [5, 5.41) is 0. The van der Waals surface area contributed by atoms with Crippen molar-refractivity contribution in [3.8, 4) is 0 Å². The number of rotatable bonds is 3. The van der Waals surface area contributed by atoms with Crippen LogP contribution in [0.25, 0.3) is 11.0 Å². The predicted octanol–water partition coefficient (Wildman–Crippen LogP) is 2.16. The van der Waals surface area contributed by atoms with Crippen molar-refractivity contribution in [2.24, 2.45) is 0 Å². The minimum atomic E-state index is -0.420. The van der Waals surface area contributed by atoms with Gasteiger partial charge in [0.15, 0.2) is 0 Å². The second kappa shape index (κ2) is 5.28. The SMILES string of the molecule is COC(=O)c1ccc2[nH]c(=O)n(Cc3ccccc3)c2c1. The molecule has 0 unspecified atom stereocenters. The van der Waals surface area contributed by atoms with Crippen LogP contribution < -0.4 is 5.69 Å². The smallest absolute Gasteiger partial charge is 0.337 e. The average molecular weight is 282 g/mol. The number of fused-ring (bicyclic) bond motifs is 1. The van der Waals surface area contributed by atoms with Gasteiger partial charge in [0.05, 0.1) is 30.3 Å². The fraction of sp³-hybridized carbons (Fsp3) is 0.125. The van der Waals surface area contributed by atoms with E-state index in [2.05, 4.69) is 4.98 Å². The van der Waals surface area contributed by atoms with E-state index in [1.807, 2.05) is 30.3 Å². The van der Waals surface area contributed by atoms with Gasteiger partial charge in [-0.25, -0.2) is 9.59 Å². The summed E-state index contributed by atoms with van der Waals surface area (Å²) >= 11 is 0. The lowest BCUT2D eigenvalue weighted by Crippen LogP contribution is -2.17. The number of nitrogens with one attached hydrogen (secondary N) is 1. The first-order chi connectivity index (χ1) is 10.2. The van der Waals surface area contributed by atoms with Crippen LogP contribution in [0.4, 0.5) is 0 Å². The van der Waals surface area contributed by atoms with Crippen molar-refractivity contribution in [1.82, 2.24) is 9.55 Å². The van der Waals surface area contributed by atoms with Crippen LogP contribution in [0.5, 0.6) is 0 Å². The summed E-state index contributed by atoms with van der Waals surface area (Å²) in [4.78, 5) is 26.5. The molecule has 0 bridgehead atoms.